The third-order valence-electron chi connectivity index (χ3n) is 7.58. The van der Waals surface area contributed by atoms with E-state index < -0.39 is 11.6 Å². The predicted molar refractivity (Wildman–Crippen MR) is 113 cm³/mol. The highest BCUT2D eigenvalue weighted by Gasteiger charge is 2.62. The van der Waals surface area contributed by atoms with Gasteiger partial charge in [-0.05, 0) is 70.8 Å². The SMILES string of the molecule is CC(=C[C@@H]1C=C(C)[C@@H]2CC[C@H](C)[C@H]2[C@@]12OC(=O)C(C)=C2O)CCCC1=CCOC1=O. The van der Waals surface area contributed by atoms with Crippen LogP contribution in [0, 0.1) is 23.7 Å². The molecule has 0 aromatic rings. The number of allylic oxidation sites excluding steroid dienone is 2. The van der Waals surface area contributed by atoms with Gasteiger partial charge in [0.15, 0.2) is 5.60 Å². The summed E-state index contributed by atoms with van der Waals surface area (Å²) in [6.45, 7) is 8.50. The topological polar surface area (TPSA) is 72.8 Å². The summed E-state index contributed by atoms with van der Waals surface area (Å²) in [4.78, 5) is 24.1. The van der Waals surface area contributed by atoms with E-state index in [1.807, 2.05) is 6.08 Å². The van der Waals surface area contributed by atoms with E-state index in [0.29, 0.717) is 30.4 Å². The number of fused-ring (bicyclic) bond motifs is 2. The first-order valence-electron chi connectivity index (χ1n) is 11.1. The first-order valence-corrected chi connectivity index (χ1v) is 11.1. The van der Waals surface area contributed by atoms with Crippen LogP contribution in [0.5, 0.6) is 0 Å². The molecular weight excluding hydrogens is 380 g/mol. The molecule has 5 atom stereocenters. The third-order valence-corrected chi connectivity index (χ3v) is 7.58. The molecule has 2 aliphatic carbocycles. The van der Waals surface area contributed by atoms with Gasteiger partial charge in [-0.3, -0.25) is 0 Å². The summed E-state index contributed by atoms with van der Waals surface area (Å²) in [5.74, 6) is 0.134. The van der Waals surface area contributed by atoms with E-state index in [2.05, 4.69) is 32.9 Å². The van der Waals surface area contributed by atoms with E-state index in [1.54, 1.807) is 6.92 Å². The first kappa shape index (κ1) is 21.0. The summed E-state index contributed by atoms with van der Waals surface area (Å²) in [6, 6.07) is 0. The quantitative estimate of drug-likeness (QED) is 0.511. The first-order chi connectivity index (χ1) is 14.3. The van der Waals surface area contributed by atoms with Gasteiger partial charge in [0, 0.05) is 17.4 Å². The Morgan fingerprint density at radius 1 is 1.27 bits per heavy atom. The molecule has 5 nitrogen and oxygen atoms in total. The number of aliphatic hydroxyl groups excluding tert-OH is 1. The maximum absolute atomic E-state index is 12.5. The summed E-state index contributed by atoms with van der Waals surface area (Å²) in [5, 5.41) is 11.1. The van der Waals surface area contributed by atoms with Gasteiger partial charge in [0.2, 0.25) is 0 Å². The van der Waals surface area contributed by atoms with Gasteiger partial charge in [0.25, 0.3) is 0 Å². The number of rotatable bonds is 5. The predicted octanol–water partition coefficient (Wildman–Crippen LogP) is 4.95. The van der Waals surface area contributed by atoms with Crippen LogP contribution in [-0.4, -0.2) is 29.3 Å². The lowest BCUT2D eigenvalue weighted by Gasteiger charge is -2.46. The molecule has 0 aromatic carbocycles. The van der Waals surface area contributed by atoms with Gasteiger partial charge in [-0.25, -0.2) is 9.59 Å². The van der Waals surface area contributed by atoms with Crippen LogP contribution in [0.3, 0.4) is 0 Å². The second-order valence-corrected chi connectivity index (χ2v) is 9.47. The normalized spacial score (nSPS) is 36.1. The summed E-state index contributed by atoms with van der Waals surface area (Å²) in [5.41, 5.74) is 2.62. The zero-order valence-corrected chi connectivity index (χ0v) is 18.4. The van der Waals surface area contributed by atoms with Gasteiger partial charge in [0.1, 0.15) is 12.4 Å². The molecule has 0 bridgehead atoms. The number of hydrogen-bond acceptors (Lipinski definition) is 5. The van der Waals surface area contributed by atoms with Gasteiger partial charge >= 0.3 is 11.9 Å². The van der Waals surface area contributed by atoms with Gasteiger partial charge in [-0.15, -0.1) is 0 Å². The van der Waals surface area contributed by atoms with Crippen molar-refractivity contribution >= 4 is 11.9 Å². The summed E-state index contributed by atoms with van der Waals surface area (Å²) in [6.07, 6.45) is 10.8. The highest BCUT2D eigenvalue weighted by atomic mass is 16.6. The number of aliphatic hydroxyl groups is 1. The molecule has 1 spiro atoms. The number of carbonyl (C=O) groups is 2. The fourth-order valence-electron chi connectivity index (χ4n) is 6.02. The van der Waals surface area contributed by atoms with Crippen LogP contribution in [-0.2, 0) is 19.1 Å². The number of cyclic esters (lactones) is 1. The van der Waals surface area contributed by atoms with Crippen molar-refractivity contribution in [2.24, 2.45) is 23.7 Å². The van der Waals surface area contributed by atoms with Crippen LogP contribution in [0.2, 0.25) is 0 Å². The zero-order valence-electron chi connectivity index (χ0n) is 18.4. The molecule has 0 aromatic heterocycles. The minimum absolute atomic E-state index is 0.0939. The minimum Gasteiger partial charge on any atom is -0.507 e. The molecule has 30 heavy (non-hydrogen) atoms. The lowest BCUT2D eigenvalue weighted by Crippen LogP contribution is -2.52. The van der Waals surface area contributed by atoms with E-state index >= 15 is 0 Å². The molecule has 0 amide bonds. The van der Waals surface area contributed by atoms with Crippen molar-refractivity contribution in [2.45, 2.75) is 65.4 Å². The Morgan fingerprint density at radius 2 is 2.03 bits per heavy atom. The molecular formula is C25H32O5. The summed E-state index contributed by atoms with van der Waals surface area (Å²) >= 11 is 0. The van der Waals surface area contributed by atoms with Crippen LogP contribution in [0.25, 0.3) is 0 Å². The largest absolute Gasteiger partial charge is 0.507 e. The number of hydrogen-bond donors (Lipinski definition) is 1. The Kier molecular flexibility index (Phi) is 5.41. The highest BCUT2D eigenvalue weighted by molar-refractivity contribution is 5.92. The van der Waals surface area contributed by atoms with Gasteiger partial charge in [0.05, 0.1) is 5.57 Å². The van der Waals surface area contributed by atoms with Crippen molar-refractivity contribution in [3.05, 3.63) is 46.3 Å². The minimum atomic E-state index is -0.986. The lowest BCUT2D eigenvalue weighted by atomic mass is 9.62. The fraction of sp³-hybridized carbons (Fsp3) is 0.600. The van der Waals surface area contributed by atoms with Gasteiger partial charge in [-0.1, -0.05) is 30.2 Å². The molecule has 1 saturated carbocycles. The van der Waals surface area contributed by atoms with Gasteiger partial charge in [-0.2, -0.15) is 0 Å². The summed E-state index contributed by atoms with van der Waals surface area (Å²) < 4.78 is 11.0. The van der Waals surface area contributed by atoms with Crippen LogP contribution in [0.15, 0.2) is 46.3 Å². The Balaban J connectivity index is 1.61. The number of carbonyl (C=O) groups excluding carboxylic acids is 2. The Labute approximate surface area is 178 Å². The molecule has 0 unspecified atom stereocenters. The zero-order chi connectivity index (χ0) is 21.6. The molecule has 162 valence electrons. The van der Waals surface area contributed by atoms with Crippen molar-refractivity contribution < 1.29 is 24.2 Å². The molecule has 1 N–H and O–H groups in total. The molecule has 4 rings (SSSR count). The molecule has 2 aliphatic heterocycles. The molecule has 2 heterocycles. The maximum atomic E-state index is 12.5. The summed E-state index contributed by atoms with van der Waals surface area (Å²) in [7, 11) is 0. The van der Waals surface area contributed by atoms with Crippen molar-refractivity contribution in [3.63, 3.8) is 0 Å². The van der Waals surface area contributed by atoms with Crippen molar-refractivity contribution in [1.82, 2.24) is 0 Å². The molecule has 4 aliphatic rings. The van der Waals surface area contributed by atoms with E-state index in [-0.39, 0.29) is 23.6 Å². The second kappa shape index (κ2) is 7.75. The van der Waals surface area contributed by atoms with Crippen molar-refractivity contribution in [3.8, 4) is 0 Å². The van der Waals surface area contributed by atoms with Crippen LogP contribution < -0.4 is 0 Å². The highest BCUT2D eigenvalue weighted by Crippen LogP contribution is 2.58. The van der Waals surface area contributed by atoms with Crippen molar-refractivity contribution in [2.75, 3.05) is 6.61 Å². The molecule has 0 radical (unpaired) electrons. The van der Waals surface area contributed by atoms with Gasteiger partial charge < -0.3 is 14.6 Å². The average molecular weight is 413 g/mol. The average Bonchev–Trinajstić information content (AvgIpc) is 3.35. The Hall–Kier alpha value is -2.30. The van der Waals surface area contributed by atoms with E-state index in [1.165, 1.54) is 11.1 Å². The van der Waals surface area contributed by atoms with Crippen molar-refractivity contribution in [1.29, 1.82) is 0 Å². The Bertz CT molecular complexity index is 889. The van der Waals surface area contributed by atoms with E-state index in [0.717, 1.165) is 31.3 Å². The molecule has 0 saturated heterocycles. The maximum Gasteiger partial charge on any atom is 0.338 e. The monoisotopic (exact) mass is 412 g/mol. The second-order valence-electron chi connectivity index (χ2n) is 9.47. The molecule has 1 fully saturated rings. The lowest BCUT2D eigenvalue weighted by molar-refractivity contribution is -0.160. The standard InChI is InChI=1S/C25H32O5/c1-14(6-5-7-18-10-11-29-24(18)28)12-19-13-16(3)20-9-8-15(2)21(20)25(19)22(26)17(4)23(27)30-25/h10,12-13,15,19-21,26H,5-9,11H2,1-4H3/t15-,19+,20-,21+,25-/m0/s1. The molecule has 5 heteroatoms. The third kappa shape index (κ3) is 3.23. The van der Waals surface area contributed by atoms with Crippen LogP contribution in [0.1, 0.15) is 59.8 Å². The smallest absolute Gasteiger partial charge is 0.338 e. The van der Waals surface area contributed by atoms with E-state index in [4.69, 9.17) is 9.47 Å². The van der Waals surface area contributed by atoms with E-state index in [9.17, 15) is 14.7 Å². The van der Waals surface area contributed by atoms with Crippen LogP contribution >= 0.6 is 0 Å². The number of ether oxygens (including phenoxy) is 2. The fourth-order valence-corrected chi connectivity index (χ4v) is 6.02. The number of esters is 2. The van der Waals surface area contributed by atoms with Crippen LogP contribution in [0.4, 0.5) is 0 Å². The Morgan fingerprint density at radius 3 is 2.67 bits per heavy atom.